The number of hydrogen-bond donors (Lipinski definition) is 0. The molecule has 0 N–H and O–H groups in total. The zero-order chi connectivity index (χ0) is 7.68. The van der Waals surface area contributed by atoms with E-state index in [-0.39, 0.29) is 0 Å². The Balaban J connectivity index is 1.79. The molecule has 1 heteroatoms. The van der Waals surface area contributed by atoms with Gasteiger partial charge < -0.3 is 4.90 Å². The first-order valence-electron chi connectivity index (χ1n) is 5.14. The molecule has 11 heavy (non-hydrogen) atoms. The van der Waals surface area contributed by atoms with Crippen molar-refractivity contribution in [3.05, 3.63) is 0 Å². The van der Waals surface area contributed by atoms with Gasteiger partial charge in [-0.1, -0.05) is 6.92 Å². The Labute approximate surface area is 69.8 Å². The van der Waals surface area contributed by atoms with Crippen molar-refractivity contribution < 1.29 is 0 Å². The molecular formula is C10H19N. The van der Waals surface area contributed by atoms with Crippen molar-refractivity contribution >= 4 is 0 Å². The maximum absolute atomic E-state index is 2.72. The molecule has 1 saturated carbocycles. The van der Waals surface area contributed by atoms with E-state index in [1.54, 1.807) is 0 Å². The first kappa shape index (κ1) is 7.60. The zero-order valence-corrected chi connectivity index (χ0v) is 7.55. The van der Waals surface area contributed by atoms with Crippen LogP contribution in [0.25, 0.3) is 0 Å². The molecule has 2 rings (SSSR count). The van der Waals surface area contributed by atoms with Gasteiger partial charge in [0, 0.05) is 12.6 Å². The standard InChI is InChI=1S/C10H19N/c1-2-10-4-3-7-11(10)8-9-5-6-9/h9-10H,2-8H2,1H3. The Morgan fingerprint density at radius 1 is 1.27 bits per heavy atom. The fourth-order valence-electron chi connectivity index (χ4n) is 2.23. The molecule has 0 aromatic rings. The molecule has 1 unspecified atom stereocenters. The predicted octanol–water partition coefficient (Wildman–Crippen LogP) is 2.27. The molecule has 0 aromatic carbocycles. The predicted molar refractivity (Wildman–Crippen MR) is 47.6 cm³/mol. The molecule has 1 saturated heterocycles. The molecule has 0 aromatic heterocycles. The molecule has 1 aliphatic carbocycles. The summed E-state index contributed by atoms with van der Waals surface area (Å²) in [5, 5.41) is 0. The van der Waals surface area contributed by atoms with E-state index in [1.165, 1.54) is 45.2 Å². The Bertz CT molecular complexity index is 129. The van der Waals surface area contributed by atoms with Crippen LogP contribution in [-0.2, 0) is 0 Å². The number of nitrogens with zero attached hydrogens (tertiary/aromatic N) is 1. The average molecular weight is 153 g/mol. The largest absolute Gasteiger partial charge is 0.300 e. The molecule has 1 heterocycles. The highest BCUT2D eigenvalue weighted by molar-refractivity contribution is 4.84. The Morgan fingerprint density at radius 3 is 2.73 bits per heavy atom. The van der Waals surface area contributed by atoms with Gasteiger partial charge in [-0.2, -0.15) is 0 Å². The van der Waals surface area contributed by atoms with E-state index in [0.717, 1.165) is 12.0 Å². The molecule has 2 aliphatic rings. The molecule has 0 spiro atoms. The maximum Gasteiger partial charge on any atom is 0.00932 e. The maximum atomic E-state index is 2.72. The van der Waals surface area contributed by atoms with Crippen LogP contribution < -0.4 is 0 Å². The summed E-state index contributed by atoms with van der Waals surface area (Å²) in [5.74, 6) is 1.09. The van der Waals surface area contributed by atoms with Gasteiger partial charge in [0.15, 0.2) is 0 Å². The van der Waals surface area contributed by atoms with Gasteiger partial charge in [0.25, 0.3) is 0 Å². The van der Waals surface area contributed by atoms with Crippen LogP contribution in [0.4, 0.5) is 0 Å². The fraction of sp³-hybridized carbons (Fsp3) is 1.00. The third-order valence-electron chi connectivity index (χ3n) is 3.16. The third kappa shape index (κ3) is 1.76. The summed E-state index contributed by atoms with van der Waals surface area (Å²) < 4.78 is 0. The highest BCUT2D eigenvalue weighted by Crippen LogP contribution is 2.32. The van der Waals surface area contributed by atoms with Crippen LogP contribution in [0.1, 0.15) is 39.0 Å². The van der Waals surface area contributed by atoms with Crippen molar-refractivity contribution in [1.82, 2.24) is 4.90 Å². The Hall–Kier alpha value is -0.0400. The van der Waals surface area contributed by atoms with Crippen molar-refractivity contribution in [3.8, 4) is 0 Å². The van der Waals surface area contributed by atoms with Gasteiger partial charge in [0.2, 0.25) is 0 Å². The summed E-state index contributed by atoms with van der Waals surface area (Å²) >= 11 is 0. The summed E-state index contributed by atoms with van der Waals surface area (Å²) in [6.07, 6.45) is 7.29. The summed E-state index contributed by atoms with van der Waals surface area (Å²) in [6, 6.07) is 0.940. The van der Waals surface area contributed by atoms with Crippen LogP contribution in [0.3, 0.4) is 0 Å². The normalized spacial score (nSPS) is 33.0. The van der Waals surface area contributed by atoms with Crippen LogP contribution in [0.2, 0.25) is 0 Å². The average Bonchev–Trinajstić information content (AvgIpc) is 2.68. The molecule has 1 aliphatic heterocycles. The highest BCUT2D eigenvalue weighted by atomic mass is 15.2. The van der Waals surface area contributed by atoms with Crippen LogP contribution in [-0.4, -0.2) is 24.0 Å². The minimum absolute atomic E-state index is 0.940. The monoisotopic (exact) mass is 153 g/mol. The van der Waals surface area contributed by atoms with E-state index in [4.69, 9.17) is 0 Å². The second-order valence-corrected chi connectivity index (χ2v) is 4.14. The second-order valence-electron chi connectivity index (χ2n) is 4.14. The topological polar surface area (TPSA) is 3.24 Å². The smallest absolute Gasteiger partial charge is 0.00932 e. The van der Waals surface area contributed by atoms with Gasteiger partial charge in [-0.3, -0.25) is 0 Å². The zero-order valence-electron chi connectivity index (χ0n) is 7.55. The van der Waals surface area contributed by atoms with Gasteiger partial charge in [-0.05, 0) is 44.6 Å². The Morgan fingerprint density at radius 2 is 2.09 bits per heavy atom. The van der Waals surface area contributed by atoms with E-state index < -0.39 is 0 Å². The molecule has 0 radical (unpaired) electrons. The highest BCUT2D eigenvalue weighted by Gasteiger charge is 2.29. The van der Waals surface area contributed by atoms with Crippen LogP contribution in [0.15, 0.2) is 0 Å². The number of likely N-dealkylation sites (tertiary alicyclic amines) is 1. The SMILES string of the molecule is CCC1CCCN1CC1CC1. The van der Waals surface area contributed by atoms with Gasteiger partial charge >= 0.3 is 0 Å². The summed E-state index contributed by atoms with van der Waals surface area (Å²) in [7, 11) is 0. The number of rotatable bonds is 3. The molecule has 1 nitrogen and oxygen atoms in total. The van der Waals surface area contributed by atoms with E-state index >= 15 is 0 Å². The molecule has 0 bridgehead atoms. The first-order chi connectivity index (χ1) is 5.40. The molecule has 1 atom stereocenters. The van der Waals surface area contributed by atoms with E-state index in [0.29, 0.717) is 0 Å². The van der Waals surface area contributed by atoms with Crippen molar-refractivity contribution in [2.24, 2.45) is 5.92 Å². The summed E-state index contributed by atoms with van der Waals surface area (Å²) in [4.78, 5) is 2.72. The lowest BCUT2D eigenvalue weighted by atomic mass is 10.1. The van der Waals surface area contributed by atoms with Crippen LogP contribution in [0, 0.1) is 5.92 Å². The van der Waals surface area contributed by atoms with Crippen LogP contribution in [0.5, 0.6) is 0 Å². The minimum Gasteiger partial charge on any atom is -0.300 e. The minimum atomic E-state index is 0.940. The second kappa shape index (κ2) is 3.14. The molecule has 0 amide bonds. The van der Waals surface area contributed by atoms with Gasteiger partial charge in [0.05, 0.1) is 0 Å². The lowest BCUT2D eigenvalue weighted by Crippen LogP contribution is -2.30. The molecule has 2 fully saturated rings. The van der Waals surface area contributed by atoms with Gasteiger partial charge in [0.1, 0.15) is 0 Å². The first-order valence-corrected chi connectivity index (χ1v) is 5.14. The van der Waals surface area contributed by atoms with Crippen molar-refractivity contribution in [1.29, 1.82) is 0 Å². The van der Waals surface area contributed by atoms with Gasteiger partial charge in [-0.25, -0.2) is 0 Å². The van der Waals surface area contributed by atoms with E-state index in [2.05, 4.69) is 11.8 Å². The quantitative estimate of drug-likeness (QED) is 0.601. The van der Waals surface area contributed by atoms with Crippen molar-refractivity contribution in [2.45, 2.75) is 45.1 Å². The summed E-state index contributed by atoms with van der Waals surface area (Å²) in [5.41, 5.74) is 0. The fourth-order valence-corrected chi connectivity index (χ4v) is 2.23. The van der Waals surface area contributed by atoms with Crippen molar-refractivity contribution in [3.63, 3.8) is 0 Å². The van der Waals surface area contributed by atoms with E-state index in [1.807, 2.05) is 0 Å². The summed E-state index contributed by atoms with van der Waals surface area (Å²) in [6.45, 7) is 5.13. The molecule has 64 valence electrons. The molecular weight excluding hydrogens is 134 g/mol. The van der Waals surface area contributed by atoms with Gasteiger partial charge in [-0.15, -0.1) is 0 Å². The third-order valence-corrected chi connectivity index (χ3v) is 3.16. The van der Waals surface area contributed by atoms with E-state index in [9.17, 15) is 0 Å². The lowest BCUT2D eigenvalue weighted by molar-refractivity contribution is 0.238. The lowest BCUT2D eigenvalue weighted by Gasteiger charge is -2.22. The van der Waals surface area contributed by atoms with Crippen molar-refractivity contribution in [2.75, 3.05) is 13.1 Å². The number of hydrogen-bond acceptors (Lipinski definition) is 1. The Kier molecular flexibility index (Phi) is 2.17. The van der Waals surface area contributed by atoms with Crippen LogP contribution >= 0.6 is 0 Å².